The molecule has 6 heteroatoms. The van der Waals surface area contributed by atoms with Crippen molar-refractivity contribution >= 4 is 6.09 Å². The van der Waals surface area contributed by atoms with E-state index in [0.29, 0.717) is 26.4 Å². The van der Waals surface area contributed by atoms with Crippen LogP contribution in [-0.4, -0.2) is 50.5 Å². The lowest BCUT2D eigenvalue weighted by atomic mass is 10.2. The Morgan fingerprint density at radius 2 is 2.25 bits per heavy atom. The smallest absolute Gasteiger partial charge is 0.404 e. The first-order valence-corrected chi connectivity index (χ1v) is 5.57. The van der Waals surface area contributed by atoms with Gasteiger partial charge in [-0.3, -0.25) is 0 Å². The standard InChI is InChI=1S/C10H19NO5/c12-10(13)11-4-6-14-7-8-16-9-3-1-2-5-15-9/h9,11H,1-8H2,(H,12,13). The molecule has 0 saturated carbocycles. The largest absolute Gasteiger partial charge is 0.465 e. The molecule has 0 bridgehead atoms. The predicted molar refractivity (Wildman–Crippen MR) is 56.4 cm³/mol. The summed E-state index contributed by atoms with van der Waals surface area (Å²) in [5.74, 6) is 0. The Bertz CT molecular complexity index is 194. The van der Waals surface area contributed by atoms with Crippen molar-refractivity contribution in [3.63, 3.8) is 0 Å². The second-order valence-electron chi connectivity index (χ2n) is 3.51. The van der Waals surface area contributed by atoms with Crippen LogP contribution >= 0.6 is 0 Å². The van der Waals surface area contributed by atoms with Crippen LogP contribution < -0.4 is 5.32 Å². The molecule has 0 radical (unpaired) electrons. The van der Waals surface area contributed by atoms with Gasteiger partial charge in [-0.2, -0.15) is 0 Å². The Balaban J connectivity index is 1.82. The summed E-state index contributed by atoms with van der Waals surface area (Å²) in [4.78, 5) is 10.1. The Morgan fingerprint density at radius 3 is 2.94 bits per heavy atom. The van der Waals surface area contributed by atoms with E-state index in [0.717, 1.165) is 25.9 Å². The number of hydrogen-bond donors (Lipinski definition) is 2. The van der Waals surface area contributed by atoms with Crippen LogP contribution in [0.5, 0.6) is 0 Å². The molecule has 0 spiro atoms. The van der Waals surface area contributed by atoms with E-state index in [9.17, 15) is 4.79 Å². The minimum atomic E-state index is -1.03. The molecule has 1 amide bonds. The number of carboxylic acid groups (broad SMARTS) is 1. The maximum Gasteiger partial charge on any atom is 0.404 e. The van der Waals surface area contributed by atoms with Crippen molar-refractivity contribution in [3.8, 4) is 0 Å². The third-order valence-corrected chi connectivity index (χ3v) is 2.19. The van der Waals surface area contributed by atoms with Gasteiger partial charge in [-0.15, -0.1) is 0 Å². The first kappa shape index (κ1) is 13.2. The van der Waals surface area contributed by atoms with Crippen LogP contribution in [0.4, 0.5) is 4.79 Å². The van der Waals surface area contributed by atoms with Crippen LogP contribution in [0.15, 0.2) is 0 Å². The average Bonchev–Trinajstić information content (AvgIpc) is 2.29. The van der Waals surface area contributed by atoms with Crippen LogP contribution in [0.3, 0.4) is 0 Å². The van der Waals surface area contributed by atoms with Crippen molar-refractivity contribution in [2.75, 3.05) is 33.0 Å². The van der Waals surface area contributed by atoms with Gasteiger partial charge < -0.3 is 24.6 Å². The summed E-state index contributed by atoms with van der Waals surface area (Å²) in [6, 6.07) is 0. The monoisotopic (exact) mass is 233 g/mol. The summed E-state index contributed by atoms with van der Waals surface area (Å²) in [6.07, 6.45) is 2.08. The molecule has 6 nitrogen and oxygen atoms in total. The summed E-state index contributed by atoms with van der Waals surface area (Å²) < 4.78 is 16.0. The molecule has 0 aromatic rings. The number of carbonyl (C=O) groups is 1. The van der Waals surface area contributed by atoms with E-state index in [4.69, 9.17) is 19.3 Å². The highest BCUT2D eigenvalue weighted by Gasteiger charge is 2.13. The maximum absolute atomic E-state index is 10.1. The van der Waals surface area contributed by atoms with E-state index in [2.05, 4.69) is 5.32 Å². The third-order valence-electron chi connectivity index (χ3n) is 2.19. The molecule has 0 aliphatic carbocycles. The Hall–Kier alpha value is -0.850. The van der Waals surface area contributed by atoms with E-state index in [1.54, 1.807) is 0 Å². The highest BCUT2D eigenvalue weighted by atomic mass is 16.7. The second-order valence-corrected chi connectivity index (χ2v) is 3.51. The Morgan fingerprint density at radius 1 is 1.38 bits per heavy atom. The minimum Gasteiger partial charge on any atom is -0.465 e. The summed E-state index contributed by atoms with van der Waals surface area (Å²) in [7, 11) is 0. The van der Waals surface area contributed by atoms with Gasteiger partial charge in [0.05, 0.1) is 19.8 Å². The fourth-order valence-corrected chi connectivity index (χ4v) is 1.41. The topological polar surface area (TPSA) is 77.0 Å². The van der Waals surface area contributed by atoms with E-state index in [1.165, 1.54) is 0 Å². The van der Waals surface area contributed by atoms with Gasteiger partial charge in [-0.25, -0.2) is 4.79 Å². The quantitative estimate of drug-likeness (QED) is 0.636. The minimum absolute atomic E-state index is 0.0884. The van der Waals surface area contributed by atoms with Crippen molar-refractivity contribution in [1.82, 2.24) is 5.32 Å². The lowest BCUT2D eigenvalue weighted by Gasteiger charge is -2.22. The SMILES string of the molecule is O=C(O)NCCOCCOC1CCCCO1. The second kappa shape index (κ2) is 8.32. The molecule has 16 heavy (non-hydrogen) atoms. The van der Waals surface area contributed by atoms with Crippen LogP contribution in [0.1, 0.15) is 19.3 Å². The lowest BCUT2D eigenvalue weighted by Crippen LogP contribution is -2.27. The maximum atomic E-state index is 10.1. The van der Waals surface area contributed by atoms with Crippen LogP contribution in [0, 0.1) is 0 Å². The van der Waals surface area contributed by atoms with Gasteiger partial charge in [0, 0.05) is 13.2 Å². The number of hydrogen-bond acceptors (Lipinski definition) is 4. The normalized spacial score (nSPS) is 20.6. The first-order chi connectivity index (χ1) is 7.79. The van der Waals surface area contributed by atoms with Crippen molar-refractivity contribution in [2.24, 2.45) is 0 Å². The molecule has 1 fully saturated rings. The molecule has 0 aromatic carbocycles. The molecular formula is C10H19NO5. The molecule has 1 saturated heterocycles. The number of ether oxygens (including phenoxy) is 3. The molecule has 1 aliphatic rings. The molecule has 1 aliphatic heterocycles. The fraction of sp³-hybridized carbons (Fsp3) is 0.900. The highest BCUT2D eigenvalue weighted by molar-refractivity contribution is 5.64. The van der Waals surface area contributed by atoms with E-state index in [-0.39, 0.29) is 6.29 Å². The summed E-state index contributed by atoms with van der Waals surface area (Å²) in [6.45, 7) is 2.38. The van der Waals surface area contributed by atoms with Gasteiger partial charge in [0.25, 0.3) is 0 Å². The predicted octanol–water partition coefficient (Wildman–Crippen LogP) is 0.814. The van der Waals surface area contributed by atoms with E-state index < -0.39 is 6.09 Å². The van der Waals surface area contributed by atoms with Crippen molar-refractivity contribution < 1.29 is 24.1 Å². The van der Waals surface area contributed by atoms with Gasteiger partial charge in [0.2, 0.25) is 0 Å². The van der Waals surface area contributed by atoms with Crippen molar-refractivity contribution in [3.05, 3.63) is 0 Å². The van der Waals surface area contributed by atoms with Gasteiger partial charge in [-0.1, -0.05) is 0 Å². The summed E-state index contributed by atoms with van der Waals surface area (Å²) in [5.41, 5.74) is 0. The van der Waals surface area contributed by atoms with Crippen molar-refractivity contribution in [1.29, 1.82) is 0 Å². The van der Waals surface area contributed by atoms with E-state index >= 15 is 0 Å². The molecule has 1 rings (SSSR count). The van der Waals surface area contributed by atoms with Gasteiger partial charge in [-0.05, 0) is 19.3 Å². The number of rotatable bonds is 7. The molecule has 1 heterocycles. The lowest BCUT2D eigenvalue weighted by molar-refractivity contribution is -0.168. The zero-order chi connectivity index (χ0) is 11.6. The molecule has 94 valence electrons. The van der Waals surface area contributed by atoms with E-state index in [1.807, 2.05) is 0 Å². The van der Waals surface area contributed by atoms with Crippen molar-refractivity contribution in [2.45, 2.75) is 25.6 Å². The molecule has 1 atom stereocenters. The van der Waals surface area contributed by atoms with Crippen LogP contribution in [0.25, 0.3) is 0 Å². The molecular weight excluding hydrogens is 214 g/mol. The van der Waals surface area contributed by atoms with Gasteiger partial charge in [0.1, 0.15) is 0 Å². The summed E-state index contributed by atoms with van der Waals surface area (Å²) >= 11 is 0. The van der Waals surface area contributed by atoms with Gasteiger partial charge >= 0.3 is 6.09 Å². The van der Waals surface area contributed by atoms with Crippen LogP contribution in [-0.2, 0) is 14.2 Å². The van der Waals surface area contributed by atoms with Gasteiger partial charge in [0.15, 0.2) is 6.29 Å². The molecule has 2 N–H and O–H groups in total. The zero-order valence-corrected chi connectivity index (χ0v) is 9.31. The highest BCUT2D eigenvalue weighted by Crippen LogP contribution is 2.13. The first-order valence-electron chi connectivity index (χ1n) is 5.57. The average molecular weight is 233 g/mol. The number of amides is 1. The molecule has 0 aromatic heterocycles. The zero-order valence-electron chi connectivity index (χ0n) is 9.31. The molecule has 1 unspecified atom stereocenters. The number of nitrogens with one attached hydrogen (secondary N) is 1. The third kappa shape index (κ3) is 6.60. The fourth-order valence-electron chi connectivity index (χ4n) is 1.41. The summed E-state index contributed by atoms with van der Waals surface area (Å²) in [5, 5.41) is 10.5. The Labute approximate surface area is 94.9 Å². The van der Waals surface area contributed by atoms with Crippen LogP contribution in [0.2, 0.25) is 0 Å². The Kier molecular flexibility index (Phi) is 6.87.